The van der Waals surface area contributed by atoms with Crippen LogP contribution in [0.15, 0.2) is 47.6 Å². The van der Waals surface area contributed by atoms with Gasteiger partial charge in [0, 0.05) is 17.3 Å². The lowest BCUT2D eigenvalue weighted by atomic mass is 9.79. The van der Waals surface area contributed by atoms with Crippen molar-refractivity contribution in [3.05, 3.63) is 53.6 Å². The molecule has 2 aromatic rings. The summed E-state index contributed by atoms with van der Waals surface area (Å²) in [6.45, 7) is 11.2. The maximum Gasteiger partial charge on any atom is 0.277 e. The Bertz CT molecular complexity index is 953. The molecule has 0 radical (unpaired) electrons. The van der Waals surface area contributed by atoms with Crippen LogP contribution in [0.5, 0.6) is 11.5 Å². The Kier molecular flexibility index (Phi) is 6.88. The standard InChI is InChI=1S/C25H33N3O3/c1-17(2)28-21-12-11-19(13-20(21)18(3)14-25(28,4)5)15-26-27-24(29)16-31-23-10-8-7-9-22(23)30-6/h7-13,15,17-18H,14,16H2,1-6H3,(H,27,29)/b26-15+/t18-/m1/s1. The molecule has 6 nitrogen and oxygen atoms in total. The quantitative estimate of drug-likeness (QED) is 0.517. The topological polar surface area (TPSA) is 63.2 Å². The number of ether oxygens (including phenoxy) is 2. The minimum absolute atomic E-state index is 0.117. The van der Waals surface area contributed by atoms with Crippen LogP contribution >= 0.6 is 0 Å². The fraction of sp³-hybridized carbons (Fsp3) is 0.440. The predicted molar refractivity (Wildman–Crippen MR) is 125 cm³/mol. The van der Waals surface area contributed by atoms with E-state index in [0.29, 0.717) is 23.5 Å². The molecule has 3 rings (SSSR count). The first-order valence-corrected chi connectivity index (χ1v) is 10.7. The van der Waals surface area contributed by atoms with Crippen molar-refractivity contribution >= 4 is 17.8 Å². The molecule has 0 aliphatic carbocycles. The summed E-state index contributed by atoms with van der Waals surface area (Å²) in [5.41, 5.74) is 6.20. The van der Waals surface area contributed by atoms with Crippen LogP contribution in [0.25, 0.3) is 0 Å². The summed E-state index contributed by atoms with van der Waals surface area (Å²) >= 11 is 0. The van der Waals surface area contributed by atoms with Crippen LogP contribution in [0.2, 0.25) is 0 Å². The second kappa shape index (κ2) is 9.41. The van der Waals surface area contributed by atoms with E-state index in [-0.39, 0.29) is 18.1 Å². The number of hydrogen-bond donors (Lipinski definition) is 1. The van der Waals surface area contributed by atoms with Gasteiger partial charge in [-0.2, -0.15) is 5.10 Å². The molecule has 0 saturated heterocycles. The minimum atomic E-state index is -0.332. The van der Waals surface area contributed by atoms with Crippen LogP contribution in [0.4, 0.5) is 5.69 Å². The fourth-order valence-electron chi connectivity index (χ4n) is 4.62. The normalized spacial score (nSPS) is 17.5. The van der Waals surface area contributed by atoms with E-state index in [2.05, 4.69) is 62.2 Å². The number of nitrogens with one attached hydrogen (secondary N) is 1. The molecule has 0 aromatic heterocycles. The van der Waals surface area contributed by atoms with Crippen LogP contribution in [0.3, 0.4) is 0 Å². The first-order chi connectivity index (χ1) is 14.7. The molecule has 0 fully saturated rings. The Morgan fingerprint density at radius 1 is 1.26 bits per heavy atom. The zero-order valence-corrected chi connectivity index (χ0v) is 19.3. The monoisotopic (exact) mass is 423 g/mol. The summed E-state index contributed by atoms with van der Waals surface area (Å²) in [5, 5.41) is 4.10. The van der Waals surface area contributed by atoms with Gasteiger partial charge in [0.05, 0.1) is 13.3 Å². The zero-order chi connectivity index (χ0) is 22.6. The summed E-state index contributed by atoms with van der Waals surface area (Å²) in [4.78, 5) is 14.6. The first kappa shape index (κ1) is 22.7. The maximum absolute atomic E-state index is 12.1. The van der Waals surface area contributed by atoms with Crippen molar-refractivity contribution in [3.63, 3.8) is 0 Å². The Morgan fingerprint density at radius 2 is 1.97 bits per heavy atom. The molecule has 166 valence electrons. The van der Waals surface area contributed by atoms with Crippen LogP contribution < -0.4 is 19.8 Å². The summed E-state index contributed by atoms with van der Waals surface area (Å²) in [7, 11) is 1.56. The highest BCUT2D eigenvalue weighted by molar-refractivity contribution is 5.84. The van der Waals surface area contributed by atoms with Gasteiger partial charge in [-0.1, -0.05) is 25.1 Å². The number of fused-ring (bicyclic) bond motifs is 1. The summed E-state index contributed by atoms with van der Waals surface area (Å²) < 4.78 is 10.7. The molecule has 1 amide bonds. The Balaban J connectivity index is 1.64. The van der Waals surface area contributed by atoms with Gasteiger partial charge in [-0.15, -0.1) is 0 Å². The Labute approximate surface area is 185 Å². The molecule has 0 bridgehead atoms. The van der Waals surface area contributed by atoms with Crippen LogP contribution in [0.1, 0.15) is 58.1 Å². The van der Waals surface area contributed by atoms with Crippen molar-refractivity contribution in [1.29, 1.82) is 0 Å². The van der Waals surface area contributed by atoms with Crippen molar-refractivity contribution in [2.75, 3.05) is 18.6 Å². The van der Waals surface area contributed by atoms with Gasteiger partial charge in [0.2, 0.25) is 0 Å². The number of rotatable bonds is 7. The van der Waals surface area contributed by atoms with Crippen molar-refractivity contribution in [1.82, 2.24) is 5.43 Å². The van der Waals surface area contributed by atoms with Gasteiger partial charge in [0.1, 0.15) is 0 Å². The molecule has 1 heterocycles. The Hall–Kier alpha value is -3.02. The van der Waals surface area contributed by atoms with Crippen LogP contribution in [-0.2, 0) is 4.79 Å². The highest BCUT2D eigenvalue weighted by Gasteiger charge is 2.37. The highest BCUT2D eigenvalue weighted by Crippen LogP contribution is 2.44. The number of amides is 1. The van der Waals surface area contributed by atoms with E-state index in [1.54, 1.807) is 25.5 Å². The van der Waals surface area contributed by atoms with Gasteiger partial charge in [-0.3, -0.25) is 4.79 Å². The number of nitrogens with zero attached hydrogens (tertiary/aromatic N) is 2. The van der Waals surface area contributed by atoms with E-state index in [4.69, 9.17) is 9.47 Å². The van der Waals surface area contributed by atoms with Crippen molar-refractivity contribution < 1.29 is 14.3 Å². The van der Waals surface area contributed by atoms with E-state index in [9.17, 15) is 4.79 Å². The molecule has 1 aliphatic heterocycles. The number of para-hydroxylation sites is 2. The lowest BCUT2D eigenvalue weighted by Crippen LogP contribution is -2.51. The van der Waals surface area contributed by atoms with Crippen LogP contribution in [0, 0.1) is 0 Å². The molecule has 2 aromatic carbocycles. The molecule has 6 heteroatoms. The molecule has 0 spiro atoms. The lowest BCUT2D eigenvalue weighted by molar-refractivity contribution is -0.123. The van der Waals surface area contributed by atoms with Gasteiger partial charge in [-0.05, 0) is 75.4 Å². The number of hydrazone groups is 1. The molecular weight excluding hydrogens is 390 g/mol. The largest absolute Gasteiger partial charge is 0.493 e. The molecule has 0 saturated carbocycles. The molecule has 1 atom stereocenters. The predicted octanol–water partition coefficient (Wildman–Crippen LogP) is 4.72. The fourth-order valence-corrected chi connectivity index (χ4v) is 4.62. The van der Waals surface area contributed by atoms with Gasteiger partial charge >= 0.3 is 0 Å². The number of carbonyl (C=O) groups is 1. The second-order valence-corrected chi connectivity index (χ2v) is 8.93. The SMILES string of the molecule is COc1ccccc1OCC(=O)N/N=C/c1ccc2c(c1)[C@H](C)CC(C)(C)N2C(C)C. The number of benzene rings is 2. The van der Waals surface area contributed by atoms with E-state index in [1.165, 1.54) is 11.3 Å². The van der Waals surface area contributed by atoms with Gasteiger partial charge < -0.3 is 14.4 Å². The van der Waals surface area contributed by atoms with Gasteiger partial charge in [0.25, 0.3) is 5.91 Å². The van der Waals surface area contributed by atoms with Crippen LogP contribution in [-0.4, -0.2) is 37.4 Å². The average Bonchev–Trinajstić information content (AvgIpc) is 2.72. The lowest BCUT2D eigenvalue weighted by Gasteiger charge is -2.50. The zero-order valence-electron chi connectivity index (χ0n) is 19.3. The molecule has 31 heavy (non-hydrogen) atoms. The van der Waals surface area contributed by atoms with Gasteiger partial charge in [0.15, 0.2) is 18.1 Å². The molecule has 1 N–H and O–H groups in total. The van der Waals surface area contributed by atoms with E-state index < -0.39 is 0 Å². The number of anilines is 1. The smallest absolute Gasteiger partial charge is 0.277 e. The number of methoxy groups -OCH3 is 1. The molecule has 0 unspecified atom stereocenters. The van der Waals surface area contributed by atoms with Crippen molar-refractivity contribution in [2.24, 2.45) is 5.10 Å². The summed E-state index contributed by atoms with van der Waals surface area (Å²) in [6.07, 6.45) is 2.77. The number of hydrogen-bond acceptors (Lipinski definition) is 5. The summed E-state index contributed by atoms with van der Waals surface area (Å²) in [5.74, 6) is 1.23. The molecular formula is C25H33N3O3. The maximum atomic E-state index is 12.1. The third-order valence-corrected chi connectivity index (χ3v) is 5.65. The van der Waals surface area contributed by atoms with E-state index in [0.717, 1.165) is 12.0 Å². The first-order valence-electron chi connectivity index (χ1n) is 10.7. The average molecular weight is 424 g/mol. The number of carbonyl (C=O) groups excluding carboxylic acids is 1. The van der Waals surface area contributed by atoms with Crippen molar-refractivity contribution in [3.8, 4) is 11.5 Å². The van der Waals surface area contributed by atoms with E-state index in [1.807, 2.05) is 18.2 Å². The minimum Gasteiger partial charge on any atom is -0.493 e. The van der Waals surface area contributed by atoms with Gasteiger partial charge in [-0.25, -0.2) is 5.43 Å². The second-order valence-electron chi connectivity index (χ2n) is 8.93. The third-order valence-electron chi connectivity index (χ3n) is 5.65. The molecule has 1 aliphatic rings. The highest BCUT2D eigenvalue weighted by atomic mass is 16.5. The third kappa shape index (κ3) is 5.19. The summed E-state index contributed by atoms with van der Waals surface area (Å²) in [6, 6.07) is 14.0. The van der Waals surface area contributed by atoms with Crippen molar-refractivity contribution in [2.45, 2.75) is 58.5 Å². The Morgan fingerprint density at radius 3 is 2.65 bits per heavy atom. The van der Waals surface area contributed by atoms with E-state index >= 15 is 0 Å².